The average Bonchev–Trinajstić information content (AvgIpc) is 3.12. The SMILES string of the molecule is Nn1c(SCc2nccn2Cc2ccccc2)nnc1C(F)(F)F. The van der Waals surface area contributed by atoms with Crippen LogP contribution in [0.3, 0.4) is 0 Å². The Morgan fingerprint density at radius 3 is 2.54 bits per heavy atom. The normalized spacial score (nSPS) is 11.8. The van der Waals surface area contributed by atoms with E-state index in [9.17, 15) is 13.2 Å². The number of aromatic nitrogens is 5. The first-order valence-corrected chi connectivity index (χ1v) is 7.88. The molecule has 0 unspecified atom stereocenters. The van der Waals surface area contributed by atoms with Gasteiger partial charge in [-0.1, -0.05) is 42.1 Å². The maximum Gasteiger partial charge on any atom is 0.453 e. The zero-order valence-electron chi connectivity index (χ0n) is 12.3. The molecule has 2 N–H and O–H groups in total. The number of benzene rings is 1. The average molecular weight is 354 g/mol. The molecule has 126 valence electrons. The first-order chi connectivity index (χ1) is 11.4. The molecule has 24 heavy (non-hydrogen) atoms. The third-order valence-corrected chi connectivity index (χ3v) is 4.18. The van der Waals surface area contributed by atoms with Crippen LogP contribution in [0.5, 0.6) is 0 Å². The molecule has 0 amide bonds. The molecule has 0 fully saturated rings. The lowest BCUT2D eigenvalue weighted by molar-refractivity contribution is -0.146. The predicted octanol–water partition coefficient (Wildman–Crippen LogP) is 2.55. The molecule has 10 heteroatoms. The molecule has 0 radical (unpaired) electrons. The van der Waals surface area contributed by atoms with Gasteiger partial charge in [0.05, 0.1) is 5.75 Å². The number of rotatable bonds is 5. The molecular formula is C14H13F3N6S. The van der Waals surface area contributed by atoms with E-state index in [1.54, 1.807) is 6.20 Å². The number of nitrogens with two attached hydrogens (primary N) is 1. The van der Waals surface area contributed by atoms with Crippen LogP contribution in [-0.4, -0.2) is 24.4 Å². The van der Waals surface area contributed by atoms with Crippen LogP contribution in [0.2, 0.25) is 0 Å². The van der Waals surface area contributed by atoms with Crippen molar-refractivity contribution in [1.82, 2.24) is 24.4 Å². The van der Waals surface area contributed by atoms with Crippen molar-refractivity contribution in [2.75, 3.05) is 5.84 Å². The molecule has 3 aromatic rings. The lowest BCUT2D eigenvalue weighted by Gasteiger charge is -2.08. The first-order valence-electron chi connectivity index (χ1n) is 6.89. The number of hydrogen-bond donors (Lipinski definition) is 1. The van der Waals surface area contributed by atoms with Crippen molar-refractivity contribution in [3.05, 3.63) is 59.9 Å². The smallest absolute Gasteiger partial charge is 0.335 e. The summed E-state index contributed by atoms with van der Waals surface area (Å²) in [6, 6.07) is 9.79. The molecule has 0 spiro atoms. The standard InChI is InChI=1S/C14H13F3N6S/c15-14(16,17)12-20-21-13(23(12)18)24-9-11-19-6-7-22(11)8-10-4-2-1-3-5-10/h1-7H,8-9,18H2. The van der Waals surface area contributed by atoms with Crippen molar-refractivity contribution in [3.63, 3.8) is 0 Å². The van der Waals surface area contributed by atoms with Gasteiger partial charge >= 0.3 is 6.18 Å². The van der Waals surface area contributed by atoms with Crippen LogP contribution >= 0.6 is 11.8 Å². The van der Waals surface area contributed by atoms with Crippen molar-refractivity contribution in [1.29, 1.82) is 0 Å². The second kappa shape index (κ2) is 6.56. The lowest BCUT2D eigenvalue weighted by Crippen LogP contribution is -2.21. The summed E-state index contributed by atoms with van der Waals surface area (Å²) in [6.45, 7) is 0.625. The summed E-state index contributed by atoms with van der Waals surface area (Å²) in [5.41, 5.74) is 1.10. The van der Waals surface area contributed by atoms with Crippen molar-refractivity contribution >= 4 is 11.8 Å². The summed E-state index contributed by atoms with van der Waals surface area (Å²) in [4.78, 5) is 4.23. The maximum atomic E-state index is 12.7. The van der Waals surface area contributed by atoms with Gasteiger partial charge in [0.2, 0.25) is 5.16 Å². The lowest BCUT2D eigenvalue weighted by atomic mass is 10.2. The summed E-state index contributed by atoms with van der Waals surface area (Å²) in [5.74, 6) is 5.22. The third kappa shape index (κ3) is 3.53. The Balaban J connectivity index is 1.70. The van der Waals surface area contributed by atoms with Gasteiger partial charge in [-0.25, -0.2) is 9.66 Å². The summed E-state index contributed by atoms with van der Waals surface area (Å²) in [6.07, 6.45) is -1.17. The number of hydrogen-bond acceptors (Lipinski definition) is 5. The highest BCUT2D eigenvalue weighted by molar-refractivity contribution is 7.98. The number of nitrogens with zero attached hydrogens (tertiary/aromatic N) is 5. The minimum Gasteiger partial charge on any atom is -0.335 e. The molecule has 1 aromatic carbocycles. The first kappa shape index (κ1) is 16.4. The van der Waals surface area contributed by atoms with Gasteiger partial charge in [-0.15, -0.1) is 10.2 Å². The highest BCUT2D eigenvalue weighted by atomic mass is 32.2. The van der Waals surface area contributed by atoms with Gasteiger partial charge in [0.25, 0.3) is 5.82 Å². The Labute approximate surface area is 139 Å². The molecule has 0 aliphatic heterocycles. The van der Waals surface area contributed by atoms with E-state index in [1.165, 1.54) is 0 Å². The number of imidazole rings is 1. The molecule has 3 rings (SSSR count). The Morgan fingerprint density at radius 1 is 1.12 bits per heavy atom. The molecular weight excluding hydrogens is 341 g/mol. The van der Waals surface area contributed by atoms with E-state index in [0.29, 0.717) is 22.8 Å². The minimum absolute atomic E-state index is 0.0170. The molecule has 0 aliphatic rings. The van der Waals surface area contributed by atoms with Crippen molar-refractivity contribution in [2.45, 2.75) is 23.6 Å². The fourth-order valence-electron chi connectivity index (χ4n) is 2.10. The van der Waals surface area contributed by atoms with Crippen LogP contribution in [-0.2, 0) is 18.5 Å². The van der Waals surface area contributed by atoms with Crippen molar-refractivity contribution in [3.8, 4) is 0 Å². The van der Waals surface area contributed by atoms with Crippen LogP contribution in [0.4, 0.5) is 13.2 Å². The monoisotopic (exact) mass is 354 g/mol. The molecule has 0 saturated carbocycles. The third-order valence-electron chi connectivity index (χ3n) is 3.25. The summed E-state index contributed by atoms with van der Waals surface area (Å²) in [7, 11) is 0. The Morgan fingerprint density at radius 2 is 1.88 bits per heavy atom. The van der Waals surface area contributed by atoms with Gasteiger partial charge in [0.15, 0.2) is 0 Å². The second-order valence-electron chi connectivity index (χ2n) is 4.92. The minimum atomic E-state index is -4.63. The topological polar surface area (TPSA) is 74.6 Å². The summed E-state index contributed by atoms with van der Waals surface area (Å²) < 4.78 is 40.3. The van der Waals surface area contributed by atoms with Gasteiger partial charge in [-0.2, -0.15) is 13.2 Å². The Kier molecular flexibility index (Phi) is 4.47. The molecule has 2 heterocycles. The van der Waals surface area contributed by atoms with Gasteiger partial charge in [-0.3, -0.25) is 0 Å². The molecule has 0 saturated heterocycles. The predicted molar refractivity (Wildman–Crippen MR) is 82.5 cm³/mol. The van der Waals surface area contributed by atoms with Crippen LogP contribution < -0.4 is 5.84 Å². The van der Waals surface area contributed by atoms with E-state index in [2.05, 4.69) is 15.2 Å². The van der Waals surface area contributed by atoms with Crippen LogP contribution in [0.15, 0.2) is 47.9 Å². The van der Waals surface area contributed by atoms with Crippen LogP contribution in [0, 0.1) is 0 Å². The number of thioether (sulfide) groups is 1. The van der Waals surface area contributed by atoms with E-state index in [1.807, 2.05) is 41.1 Å². The van der Waals surface area contributed by atoms with Gasteiger partial charge in [-0.05, 0) is 5.56 Å². The number of nitrogen functional groups attached to an aromatic ring is 1. The van der Waals surface area contributed by atoms with Gasteiger partial charge < -0.3 is 10.4 Å². The Bertz CT molecular complexity index is 812. The summed E-state index contributed by atoms with van der Waals surface area (Å²) >= 11 is 1.05. The highest BCUT2D eigenvalue weighted by Gasteiger charge is 2.38. The molecule has 2 aromatic heterocycles. The van der Waals surface area contributed by atoms with E-state index >= 15 is 0 Å². The van der Waals surface area contributed by atoms with Gasteiger partial charge in [0.1, 0.15) is 5.82 Å². The zero-order chi connectivity index (χ0) is 17.2. The zero-order valence-corrected chi connectivity index (χ0v) is 13.1. The van der Waals surface area contributed by atoms with Crippen LogP contribution in [0.25, 0.3) is 0 Å². The largest absolute Gasteiger partial charge is 0.453 e. The van der Waals surface area contributed by atoms with Crippen molar-refractivity contribution < 1.29 is 13.2 Å². The van der Waals surface area contributed by atoms with Crippen LogP contribution in [0.1, 0.15) is 17.2 Å². The number of alkyl halides is 3. The van der Waals surface area contributed by atoms with E-state index < -0.39 is 12.0 Å². The highest BCUT2D eigenvalue weighted by Crippen LogP contribution is 2.29. The van der Waals surface area contributed by atoms with E-state index in [4.69, 9.17) is 5.84 Å². The maximum absolute atomic E-state index is 12.7. The molecule has 0 aliphatic carbocycles. The molecule has 6 nitrogen and oxygen atoms in total. The van der Waals surface area contributed by atoms with E-state index in [0.717, 1.165) is 17.3 Å². The fourth-order valence-corrected chi connectivity index (χ4v) is 2.92. The summed E-state index contributed by atoms with van der Waals surface area (Å²) in [5, 5.41) is 6.56. The Hall–Kier alpha value is -2.49. The number of halogens is 3. The van der Waals surface area contributed by atoms with E-state index in [-0.39, 0.29) is 5.16 Å². The molecule has 0 bridgehead atoms. The van der Waals surface area contributed by atoms with Gasteiger partial charge in [0, 0.05) is 18.9 Å². The quantitative estimate of drug-likeness (QED) is 0.563. The molecule has 0 atom stereocenters. The van der Waals surface area contributed by atoms with Crippen molar-refractivity contribution in [2.24, 2.45) is 0 Å². The second-order valence-corrected chi connectivity index (χ2v) is 5.86. The fraction of sp³-hybridized carbons (Fsp3) is 0.214.